The molecule has 0 saturated carbocycles. The third-order valence-corrected chi connectivity index (χ3v) is 4.15. The van der Waals surface area contributed by atoms with Crippen molar-refractivity contribution >= 4 is 35.1 Å². The number of likely N-dealkylation sites (N-methyl/N-ethyl adjacent to an activating group) is 1. The quantitative estimate of drug-likeness (QED) is 0.919. The number of nitrogens with zero attached hydrogens (tertiary/aromatic N) is 2. The third-order valence-electron chi connectivity index (χ3n) is 3.82. The van der Waals surface area contributed by atoms with Gasteiger partial charge in [0.1, 0.15) is 6.04 Å². The Morgan fingerprint density at radius 1 is 1.41 bits per heavy atom. The fourth-order valence-electron chi connectivity index (χ4n) is 2.30. The third kappa shape index (κ3) is 3.06. The molecule has 0 bridgehead atoms. The second kappa shape index (κ2) is 6.36. The van der Waals surface area contributed by atoms with Crippen LogP contribution in [0, 0.1) is 0 Å². The van der Waals surface area contributed by atoms with E-state index >= 15 is 0 Å². The highest BCUT2D eigenvalue weighted by atomic mass is 35.5. The number of carboxylic acid groups (broad SMARTS) is 1. The first kappa shape index (κ1) is 16.3. The van der Waals surface area contributed by atoms with Crippen LogP contribution in [0.3, 0.4) is 0 Å². The fourth-order valence-corrected chi connectivity index (χ4v) is 2.50. The van der Waals surface area contributed by atoms with Gasteiger partial charge in [-0.05, 0) is 31.5 Å². The summed E-state index contributed by atoms with van der Waals surface area (Å²) in [4.78, 5) is 37.9. The lowest BCUT2D eigenvalue weighted by Crippen LogP contribution is -2.40. The summed E-state index contributed by atoms with van der Waals surface area (Å²) in [6.45, 7) is 2.03. The average Bonchev–Trinajstić information content (AvgIpc) is 2.91. The molecule has 1 N–H and O–H groups in total. The average molecular weight is 325 g/mol. The molecular formula is C15H17ClN2O4. The summed E-state index contributed by atoms with van der Waals surface area (Å²) in [6, 6.07) is 3.80. The highest BCUT2D eigenvalue weighted by Gasteiger charge is 2.27. The zero-order chi connectivity index (χ0) is 16.4. The van der Waals surface area contributed by atoms with Gasteiger partial charge in [0.15, 0.2) is 0 Å². The minimum atomic E-state index is -1.10. The molecule has 1 fully saturated rings. The van der Waals surface area contributed by atoms with E-state index in [1.807, 2.05) is 0 Å². The molecular weight excluding hydrogens is 308 g/mol. The molecule has 1 heterocycles. The number of hydrogen-bond donors (Lipinski definition) is 1. The Kier molecular flexibility index (Phi) is 4.71. The van der Waals surface area contributed by atoms with Gasteiger partial charge in [0.2, 0.25) is 5.91 Å². The number of benzene rings is 1. The molecule has 1 aromatic carbocycles. The van der Waals surface area contributed by atoms with Gasteiger partial charge in [-0.15, -0.1) is 0 Å². The number of amides is 2. The largest absolute Gasteiger partial charge is 0.480 e. The van der Waals surface area contributed by atoms with E-state index in [0.717, 1.165) is 11.3 Å². The number of carbonyl (C=O) groups is 3. The van der Waals surface area contributed by atoms with Crippen LogP contribution < -0.4 is 4.90 Å². The highest BCUT2D eigenvalue weighted by Crippen LogP contribution is 2.27. The number of anilines is 1. The number of aliphatic carboxylic acids is 1. The molecule has 0 radical (unpaired) electrons. The SMILES string of the molecule is CC(C(=O)O)N(C)C(=O)c1cc(N2CCCC2=O)ccc1Cl. The van der Waals surface area contributed by atoms with Crippen LogP contribution in [-0.2, 0) is 9.59 Å². The van der Waals surface area contributed by atoms with Crippen molar-refractivity contribution in [2.45, 2.75) is 25.8 Å². The van der Waals surface area contributed by atoms with Crippen molar-refractivity contribution in [3.05, 3.63) is 28.8 Å². The van der Waals surface area contributed by atoms with Crippen LogP contribution >= 0.6 is 11.6 Å². The normalized spacial score (nSPS) is 15.8. The van der Waals surface area contributed by atoms with Crippen LogP contribution in [0.5, 0.6) is 0 Å². The van der Waals surface area contributed by atoms with Crippen molar-refractivity contribution in [2.75, 3.05) is 18.5 Å². The summed E-state index contributed by atoms with van der Waals surface area (Å²) in [5, 5.41) is 9.23. The molecule has 2 rings (SSSR count). The van der Waals surface area contributed by atoms with E-state index < -0.39 is 17.9 Å². The van der Waals surface area contributed by atoms with Crippen LogP contribution in [0.4, 0.5) is 5.69 Å². The molecule has 6 nitrogen and oxygen atoms in total. The molecule has 118 valence electrons. The van der Waals surface area contributed by atoms with Gasteiger partial charge >= 0.3 is 5.97 Å². The molecule has 0 spiro atoms. The van der Waals surface area contributed by atoms with E-state index in [2.05, 4.69) is 0 Å². The Morgan fingerprint density at radius 3 is 2.64 bits per heavy atom. The van der Waals surface area contributed by atoms with Crippen LogP contribution in [0.15, 0.2) is 18.2 Å². The van der Waals surface area contributed by atoms with E-state index in [-0.39, 0.29) is 16.5 Å². The zero-order valence-electron chi connectivity index (χ0n) is 12.4. The summed E-state index contributed by atoms with van der Waals surface area (Å²) in [7, 11) is 1.41. The molecule has 0 aliphatic carbocycles. The lowest BCUT2D eigenvalue weighted by atomic mass is 10.1. The number of carboxylic acids is 1. The van der Waals surface area contributed by atoms with Crippen molar-refractivity contribution < 1.29 is 19.5 Å². The van der Waals surface area contributed by atoms with Gasteiger partial charge in [0, 0.05) is 25.7 Å². The summed E-state index contributed by atoms with van der Waals surface area (Å²) >= 11 is 6.06. The van der Waals surface area contributed by atoms with E-state index in [0.29, 0.717) is 18.7 Å². The molecule has 22 heavy (non-hydrogen) atoms. The van der Waals surface area contributed by atoms with Crippen LogP contribution in [0.25, 0.3) is 0 Å². The second-order valence-corrected chi connectivity index (χ2v) is 5.65. The predicted molar refractivity (Wildman–Crippen MR) is 82.2 cm³/mol. The number of rotatable bonds is 4. The Morgan fingerprint density at radius 2 is 2.09 bits per heavy atom. The Balaban J connectivity index is 2.32. The summed E-state index contributed by atoms with van der Waals surface area (Å²) in [5.74, 6) is -1.58. The maximum atomic E-state index is 12.4. The van der Waals surface area contributed by atoms with Gasteiger partial charge in [-0.3, -0.25) is 9.59 Å². The Hall–Kier alpha value is -2.08. The molecule has 1 aliphatic heterocycles. The minimum Gasteiger partial charge on any atom is -0.480 e. The van der Waals surface area contributed by atoms with Crippen LogP contribution in [-0.4, -0.2) is 47.4 Å². The fraction of sp³-hybridized carbons (Fsp3) is 0.400. The smallest absolute Gasteiger partial charge is 0.326 e. The molecule has 7 heteroatoms. The van der Waals surface area contributed by atoms with E-state index in [1.165, 1.54) is 14.0 Å². The molecule has 1 saturated heterocycles. The van der Waals surface area contributed by atoms with Crippen molar-refractivity contribution in [3.63, 3.8) is 0 Å². The van der Waals surface area contributed by atoms with Crippen molar-refractivity contribution in [1.82, 2.24) is 4.90 Å². The van der Waals surface area contributed by atoms with E-state index in [9.17, 15) is 14.4 Å². The summed E-state index contributed by atoms with van der Waals surface area (Å²) < 4.78 is 0. The van der Waals surface area contributed by atoms with Crippen molar-refractivity contribution in [2.24, 2.45) is 0 Å². The standard InChI is InChI=1S/C15H17ClN2O4/c1-9(15(21)22)17(2)14(20)11-8-10(5-6-12(11)16)18-7-3-4-13(18)19/h5-6,8-9H,3-4,7H2,1-2H3,(H,21,22). The topological polar surface area (TPSA) is 77.9 Å². The molecule has 1 aliphatic rings. The van der Waals surface area contributed by atoms with E-state index in [1.54, 1.807) is 23.1 Å². The van der Waals surface area contributed by atoms with Gasteiger partial charge in [-0.2, -0.15) is 0 Å². The zero-order valence-corrected chi connectivity index (χ0v) is 13.1. The molecule has 0 aromatic heterocycles. The maximum absolute atomic E-state index is 12.4. The highest BCUT2D eigenvalue weighted by molar-refractivity contribution is 6.34. The van der Waals surface area contributed by atoms with Crippen LogP contribution in [0.1, 0.15) is 30.1 Å². The first-order chi connectivity index (χ1) is 10.3. The maximum Gasteiger partial charge on any atom is 0.326 e. The van der Waals surface area contributed by atoms with Gasteiger partial charge in [-0.25, -0.2) is 4.79 Å². The second-order valence-electron chi connectivity index (χ2n) is 5.24. The number of hydrogen-bond acceptors (Lipinski definition) is 3. The first-order valence-electron chi connectivity index (χ1n) is 6.93. The molecule has 1 aromatic rings. The van der Waals surface area contributed by atoms with Gasteiger partial charge in [-0.1, -0.05) is 11.6 Å². The van der Waals surface area contributed by atoms with Crippen molar-refractivity contribution in [1.29, 1.82) is 0 Å². The Labute approximate surface area is 133 Å². The Bertz CT molecular complexity index is 632. The minimum absolute atomic E-state index is 0.00739. The molecule has 1 atom stereocenters. The van der Waals surface area contributed by atoms with Crippen LogP contribution in [0.2, 0.25) is 5.02 Å². The van der Waals surface area contributed by atoms with Crippen molar-refractivity contribution in [3.8, 4) is 0 Å². The van der Waals surface area contributed by atoms with Gasteiger partial charge in [0.05, 0.1) is 10.6 Å². The molecule has 2 amide bonds. The lowest BCUT2D eigenvalue weighted by molar-refractivity contribution is -0.141. The number of halogens is 1. The summed E-state index contributed by atoms with van der Waals surface area (Å²) in [5.41, 5.74) is 0.793. The first-order valence-corrected chi connectivity index (χ1v) is 7.30. The summed E-state index contributed by atoms with van der Waals surface area (Å²) in [6.07, 6.45) is 1.27. The predicted octanol–water partition coefficient (Wildman–Crippen LogP) is 2.01. The van der Waals surface area contributed by atoms with E-state index in [4.69, 9.17) is 16.7 Å². The lowest BCUT2D eigenvalue weighted by Gasteiger charge is -2.23. The van der Waals surface area contributed by atoms with Gasteiger partial charge < -0.3 is 14.9 Å². The van der Waals surface area contributed by atoms with Gasteiger partial charge in [0.25, 0.3) is 5.91 Å². The monoisotopic (exact) mass is 324 g/mol. The number of carbonyl (C=O) groups excluding carboxylic acids is 2. The molecule has 1 unspecified atom stereocenters.